The zero-order valence-corrected chi connectivity index (χ0v) is 13.8. The molecular formula is C15H16BrFN2S. The molecule has 106 valence electrons. The van der Waals surface area contributed by atoms with E-state index < -0.39 is 0 Å². The van der Waals surface area contributed by atoms with Crippen molar-refractivity contribution in [3.8, 4) is 10.6 Å². The molecule has 3 rings (SSSR count). The van der Waals surface area contributed by atoms with Crippen molar-refractivity contribution < 1.29 is 4.39 Å². The molecule has 0 aliphatic heterocycles. The molecule has 0 saturated heterocycles. The van der Waals surface area contributed by atoms with Gasteiger partial charge in [-0.15, -0.1) is 11.3 Å². The Balaban J connectivity index is 2.08. The lowest BCUT2D eigenvalue weighted by atomic mass is 9.77. The normalized spacial score (nSPS) is 20.8. The lowest BCUT2D eigenvalue weighted by Gasteiger charge is -2.32. The monoisotopic (exact) mass is 354 g/mol. The highest BCUT2D eigenvalue weighted by molar-refractivity contribution is 9.10. The fourth-order valence-corrected chi connectivity index (χ4v) is 4.23. The Bertz CT molecular complexity index is 666. The van der Waals surface area contributed by atoms with Crippen molar-refractivity contribution in [2.45, 2.75) is 32.7 Å². The van der Waals surface area contributed by atoms with E-state index in [1.807, 2.05) is 0 Å². The molecule has 1 unspecified atom stereocenters. The van der Waals surface area contributed by atoms with Crippen molar-refractivity contribution in [2.75, 3.05) is 0 Å². The molecule has 0 bridgehead atoms. The highest BCUT2D eigenvalue weighted by Crippen LogP contribution is 2.44. The zero-order valence-electron chi connectivity index (χ0n) is 11.4. The zero-order chi connectivity index (χ0) is 14.5. The first-order valence-corrected chi connectivity index (χ1v) is 8.17. The Morgan fingerprint density at radius 2 is 2.20 bits per heavy atom. The minimum Gasteiger partial charge on any atom is -0.323 e. The predicted molar refractivity (Wildman–Crippen MR) is 84.2 cm³/mol. The van der Waals surface area contributed by atoms with Crippen LogP contribution in [0.5, 0.6) is 0 Å². The first kappa shape index (κ1) is 14.2. The summed E-state index contributed by atoms with van der Waals surface area (Å²) in [6.45, 7) is 4.41. The molecule has 0 radical (unpaired) electrons. The number of thiazole rings is 1. The fraction of sp³-hybridized carbons (Fsp3) is 0.400. The molecule has 2 N–H and O–H groups in total. The van der Waals surface area contributed by atoms with Crippen LogP contribution in [-0.2, 0) is 6.42 Å². The molecule has 1 aliphatic rings. The van der Waals surface area contributed by atoms with E-state index in [-0.39, 0.29) is 17.3 Å². The van der Waals surface area contributed by atoms with Crippen molar-refractivity contribution in [3.05, 3.63) is 39.1 Å². The standard InChI is InChI=1S/C15H16BrFN2S/c1-15(2)6-11(18)13-12(7-15)19-14(20-13)9-5-8(16)3-4-10(9)17/h3-5,11H,6-7,18H2,1-2H3. The summed E-state index contributed by atoms with van der Waals surface area (Å²) in [5, 5.41) is 0.724. The molecule has 0 saturated carbocycles. The summed E-state index contributed by atoms with van der Waals surface area (Å²) >= 11 is 4.90. The van der Waals surface area contributed by atoms with E-state index >= 15 is 0 Å². The smallest absolute Gasteiger partial charge is 0.133 e. The van der Waals surface area contributed by atoms with Crippen LogP contribution >= 0.6 is 27.3 Å². The topological polar surface area (TPSA) is 38.9 Å². The Morgan fingerprint density at radius 3 is 2.95 bits per heavy atom. The summed E-state index contributed by atoms with van der Waals surface area (Å²) in [5.41, 5.74) is 7.99. The van der Waals surface area contributed by atoms with Crippen molar-refractivity contribution in [1.29, 1.82) is 0 Å². The van der Waals surface area contributed by atoms with Gasteiger partial charge in [0, 0.05) is 21.0 Å². The predicted octanol–water partition coefficient (Wildman–Crippen LogP) is 4.68. The molecule has 1 aromatic heterocycles. The van der Waals surface area contributed by atoms with Gasteiger partial charge in [-0.25, -0.2) is 9.37 Å². The van der Waals surface area contributed by atoms with E-state index in [1.54, 1.807) is 12.1 Å². The van der Waals surface area contributed by atoms with Crippen LogP contribution in [0.3, 0.4) is 0 Å². The average molecular weight is 355 g/mol. The van der Waals surface area contributed by atoms with Crippen molar-refractivity contribution >= 4 is 27.3 Å². The minimum atomic E-state index is -0.243. The van der Waals surface area contributed by atoms with Gasteiger partial charge in [0.05, 0.1) is 5.69 Å². The number of halogens is 2. The Kier molecular flexibility index (Phi) is 3.47. The van der Waals surface area contributed by atoms with Gasteiger partial charge in [-0.05, 0) is 36.5 Å². The van der Waals surface area contributed by atoms with Crippen LogP contribution in [0.15, 0.2) is 22.7 Å². The van der Waals surface area contributed by atoms with Crippen LogP contribution in [0, 0.1) is 11.2 Å². The van der Waals surface area contributed by atoms with E-state index in [0.29, 0.717) is 5.56 Å². The molecule has 5 heteroatoms. The van der Waals surface area contributed by atoms with Gasteiger partial charge in [-0.3, -0.25) is 0 Å². The van der Waals surface area contributed by atoms with E-state index in [9.17, 15) is 4.39 Å². The second kappa shape index (κ2) is 4.90. The van der Waals surface area contributed by atoms with Crippen LogP contribution < -0.4 is 5.73 Å². The van der Waals surface area contributed by atoms with E-state index in [2.05, 4.69) is 34.8 Å². The summed E-state index contributed by atoms with van der Waals surface area (Å²) in [6.07, 6.45) is 1.85. The van der Waals surface area contributed by atoms with Crippen LogP contribution in [0.1, 0.15) is 36.9 Å². The Hall–Kier alpha value is -0.780. The van der Waals surface area contributed by atoms with Crippen LogP contribution in [0.25, 0.3) is 10.6 Å². The summed E-state index contributed by atoms with van der Waals surface area (Å²) < 4.78 is 14.8. The van der Waals surface area contributed by atoms with Crippen LogP contribution in [0.2, 0.25) is 0 Å². The van der Waals surface area contributed by atoms with Gasteiger partial charge in [0.2, 0.25) is 0 Å². The number of aromatic nitrogens is 1. The fourth-order valence-electron chi connectivity index (χ4n) is 2.77. The third-order valence-electron chi connectivity index (χ3n) is 3.64. The van der Waals surface area contributed by atoms with E-state index in [1.165, 1.54) is 17.4 Å². The molecule has 0 fully saturated rings. The van der Waals surface area contributed by atoms with Gasteiger partial charge in [-0.2, -0.15) is 0 Å². The van der Waals surface area contributed by atoms with Gasteiger partial charge in [0.1, 0.15) is 10.8 Å². The highest BCUT2D eigenvalue weighted by Gasteiger charge is 2.33. The van der Waals surface area contributed by atoms with E-state index in [0.717, 1.165) is 32.9 Å². The molecule has 2 nitrogen and oxygen atoms in total. The number of hydrogen-bond acceptors (Lipinski definition) is 3. The molecule has 2 aromatic rings. The van der Waals surface area contributed by atoms with Gasteiger partial charge < -0.3 is 5.73 Å². The van der Waals surface area contributed by atoms with Crippen LogP contribution in [0.4, 0.5) is 4.39 Å². The molecule has 0 amide bonds. The summed E-state index contributed by atoms with van der Waals surface area (Å²) in [5.74, 6) is -0.243. The lowest BCUT2D eigenvalue weighted by molar-refractivity contribution is 0.282. The second-order valence-electron chi connectivity index (χ2n) is 6.11. The minimum absolute atomic E-state index is 0.00946. The Labute approximate surface area is 130 Å². The third-order valence-corrected chi connectivity index (χ3v) is 5.40. The number of benzene rings is 1. The number of nitrogens with two attached hydrogens (primary N) is 1. The maximum atomic E-state index is 14.0. The number of nitrogens with zero attached hydrogens (tertiary/aromatic N) is 1. The van der Waals surface area contributed by atoms with Crippen molar-refractivity contribution in [2.24, 2.45) is 11.1 Å². The van der Waals surface area contributed by atoms with Gasteiger partial charge in [0.15, 0.2) is 0 Å². The quantitative estimate of drug-likeness (QED) is 0.806. The molecular weight excluding hydrogens is 339 g/mol. The van der Waals surface area contributed by atoms with Gasteiger partial charge in [-0.1, -0.05) is 29.8 Å². The Morgan fingerprint density at radius 1 is 1.45 bits per heavy atom. The highest BCUT2D eigenvalue weighted by atomic mass is 79.9. The van der Waals surface area contributed by atoms with Gasteiger partial charge >= 0.3 is 0 Å². The van der Waals surface area contributed by atoms with Crippen molar-refractivity contribution in [3.63, 3.8) is 0 Å². The second-order valence-corrected chi connectivity index (χ2v) is 8.05. The van der Waals surface area contributed by atoms with Crippen molar-refractivity contribution in [1.82, 2.24) is 4.98 Å². The molecule has 1 atom stereocenters. The summed E-state index contributed by atoms with van der Waals surface area (Å²) in [7, 11) is 0. The maximum absolute atomic E-state index is 14.0. The SMILES string of the molecule is CC1(C)Cc2nc(-c3cc(Br)ccc3F)sc2C(N)C1. The lowest BCUT2D eigenvalue weighted by Crippen LogP contribution is -2.28. The maximum Gasteiger partial charge on any atom is 0.133 e. The number of fused-ring (bicyclic) bond motifs is 1. The summed E-state index contributed by atoms with van der Waals surface area (Å²) in [4.78, 5) is 5.76. The largest absolute Gasteiger partial charge is 0.323 e. The van der Waals surface area contributed by atoms with Gasteiger partial charge in [0.25, 0.3) is 0 Å². The molecule has 1 aromatic carbocycles. The molecule has 1 aliphatic carbocycles. The third kappa shape index (κ3) is 2.54. The number of hydrogen-bond donors (Lipinski definition) is 1. The first-order valence-electron chi connectivity index (χ1n) is 6.56. The molecule has 0 spiro atoms. The molecule has 20 heavy (non-hydrogen) atoms. The first-order chi connectivity index (χ1) is 9.35. The molecule has 1 heterocycles. The average Bonchev–Trinajstić information content (AvgIpc) is 2.74. The number of rotatable bonds is 1. The van der Waals surface area contributed by atoms with E-state index in [4.69, 9.17) is 5.73 Å². The summed E-state index contributed by atoms with van der Waals surface area (Å²) in [6, 6.07) is 4.94. The van der Waals surface area contributed by atoms with Crippen LogP contribution in [-0.4, -0.2) is 4.98 Å².